The number of anilines is 3. The fraction of sp³-hybridized carbons (Fsp3) is 0. The molecule has 230 valence electrons. The van der Waals surface area contributed by atoms with Gasteiger partial charge in [-0.3, -0.25) is 0 Å². The smallest absolute Gasteiger partial charge is 0.144 e. The normalized spacial score (nSPS) is 11.7. The molecule has 0 radical (unpaired) electrons. The van der Waals surface area contributed by atoms with E-state index in [0.717, 1.165) is 72.1 Å². The molecule has 0 aliphatic heterocycles. The van der Waals surface area contributed by atoms with Gasteiger partial charge in [-0.15, -0.1) is 0 Å². The maximum Gasteiger partial charge on any atom is 0.144 e. The first-order valence-corrected chi connectivity index (χ1v) is 16.6. The van der Waals surface area contributed by atoms with Crippen LogP contribution < -0.4 is 4.90 Å². The van der Waals surface area contributed by atoms with Gasteiger partial charge in [-0.2, -0.15) is 0 Å². The average Bonchev–Trinajstić information content (AvgIpc) is 3.72. The lowest BCUT2D eigenvalue weighted by Gasteiger charge is -2.25. The van der Waals surface area contributed by atoms with Crippen LogP contribution in [0.3, 0.4) is 0 Å². The summed E-state index contributed by atoms with van der Waals surface area (Å²) in [5.41, 5.74) is 11.2. The topological polar surface area (TPSA) is 29.5 Å². The molecule has 0 unspecified atom stereocenters. The first-order valence-electron chi connectivity index (χ1n) is 16.6. The zero-order valence-corrected chi connectivity index (χ0v) is 26.5. The van der Waals surface area contributed by atoms with Crippen molar-refractivity contribution in [3.05, 3.63) is 176 Å². The molecule has 0 fully saturated rings. The van der Waals surface area contributed by atoms with Crippen LogP contribution in [0, 0.1) is 0 Å². The van der Waals surface area contributed by atoms with Gasteiger partial charge in [0, 0.05) is 44.2 Å². The van der Waals surface area contributed by atoms with E-state index in [1.165, 1.54) is 21.9 Å². The Balaban J connectivity index is 1.20. The van der Waals surface area contributed by atoms with Crippen LogP contribution in [0.1, 0.15) is 0 Å². The summed E-state index contributed by atoms with van der Waals surface area (Å²) < 4.78 is 13.4. The molecule has 0 spiro atoms. The van der Waals surface area contributed by atoms with Crippen molar-refractivity contribution >= 4 is 71.7 Å². The molecule has 0 aliphatic rings. The maximum absolute atomic E-state index is 6.83. The molecule has 0 N–H and O–H groups in total. The molecule has 10 aromatic rings. The first kappa shape index (κ1) is 27.5. The number of benzene rings is 8. The second-order valence-electron chi connectivity index (χ2n) is 12.5. The van der Waals surface area contributed by atoms with Gasteiger partial charge < -0.3 is 13.7 Å². The van der Waals surface area contributed by atoms with Gasteiger partial charge in [0.05, 0.1) is 0 Å². The van der Waals surface area contributed by atoms with E-state index in [1.54, 1.807) is 0 Å². The maximum atomic E-state index is 6.83. The highest BCUT2D eigenvalue weighted by atomic mass is 16.3. The number of nitrogens with zero attached hydrogens (tertiary/aromatic N) is 1. The van der Waals surface area contributed by atoms with Gasteiger partial charge >= 0.3 is 0 Å². The number of furan rings is 2. The van der Waals surface area contributed by atoms with Crippen LogP contribution >= 0.6 is 0 Å². The van der Waals surface area contributed by atoms with E-state index in [2.05, 4.69) is 169 Å². The Morgan fingerprint density at radius 3 is 1.82 bits per heavy atom. The van der Waals surface area contributed by atoms with Crippen LogP contribution in [0.2, 0.25) is 0 Å². The van der Waals surface area contributed by atoms with Crippen LogP contribution in [0.25, 0.3) is 76.9 Å². The summed E-state index contributed by atoms with van der Waals surface area (Å²) in [7, 11) is 0. The second-order valence-corrected chi connectivity index (χ2v) is 12.5. The predicted molar refractivity (Wildman–Crippen MR) is 204 cm³/mol. The summed E-state index contributed by atoms with van der Waals surface area (Å²) in [5, 5.41) is 6.62. The lowest BCUT2D eigenvalue weighted by molar-refractivity contribution is 0.664. The van der Waals surface area contributed by atoms with Gasteiger partial charge in [0.2, 0.25) is 0 Å². The largest absolute Gasteiger partial charge is 0.456 e. The Morgan fingerprint density at radius 2 is 0.980 bits per heavy atom. The quantitative estimate of drug-likeness (QED) is 0.190. The van der Waals surface area contributed by atoms with Crippen LogP contribution in [0.15, 0.2) is 185 Å². The van der Waals surface area contributed by atoms with Crippen molar-refractivity contribution in [1.29, 1.82) is 0 Å². The summed E-state index contributed by atoms with van der Waals surface area (Å²) in [6.45, 7) is 0. The molecule has 10 rings (SSSR count). The zero-order chi connectivity index (χ0) is 32.3. The van der Waals surface area contributed by atoms with Crippen LogP contribution in [0.5, 0.6) is 0 Å². The second kappa shape index (κ2) is 11.0. The molecule has 0 aliphatic carbocycles. The van der Waals surface area contributed by atoms with E-state index in [1.807, 2.05) is 12.1 Å². The van der Waals surface area contributed by atoms with E-state index in [0.29, 0.717) is 0 Å². The Hall–Kier alpha value is -6.58. The number of rotatable bonds is 5. The molecule has 2 aromatic heterocycles. The fourth-order valence-corrected chi connectivity index (χ4v) is 7.32. The third kappa shape index (κ3) is 4.51. The lowest BCUT2D eigenvalue weighted by Crippen LogP contribution is -2.09. The summed E-state index contributed by atoms with van der Waals surface area (Å²) in [5.74, 6) is 0. The summed E-state index contributed by atoms with van der Waals surface area (Å²) in [6, 6.07) is 61.9. The molecule has 0 bridgehead atoms. The Labute approximate surface area is 282 Å². The highest BCUT2D eigenvalue weighted by Crippen LogP contribution is 2.46. The van der Waals surface area contributed by atoms with Crippen molar-refractivity contribution in [3.63, 3.8) is 0 Å². The van der Waals surface area contributed by atoms with Crippen molar-refractivity contribution < 1.29 is 8.83 Å². The van der Waals surface area contributed by atoms with Crippen LogP contribution in [-0.2, 0) is 0 Å². The standard InChI is InChI=1S/C46H29NO2/c1-3-11-30(12-4-1)32-21-23-36(24-22-32)47(35-15-5-2-6-16-35)37-25-26-42-39(28-37)40-29-43-45(38-17-9-10-18-41(38)48-43)44(46(40)49-42)34-20-19-31-13-7-8-14-33(31)27-34/h1-29H. The number of para-hydroxylation sites is 2. The summed E-state index contributed by atoms with van der Waals surface area (Å²) in [6.07, 6.45) is 0. The van der Waals surface area contributed by atoms with Gasteiger partial charge in [0.1, 0.15) is 22.3 Å². The highest BCUT2D eigenvalue weighted by Gasteiger charge is 2.22. The molecule has 0 atom stereocenters. The average molecular weight is 628 g/mol. The van der Waals surface area contributed by atoms with Crippen molar-refractivity contribution in [2.45, 2.75) is 0 Å². The molecular weight excluding hydrogens is 599 g/mol. The van der Waals surface area contributed by atoms with Gasteiger partial charge in [0.25, 0.3) is 0 Å². The molecular formula is C46H29NO2. The number of fused-ring (bicyclic) bond motifs is 7. The predicted octanol–water partition coefficient (Wildman–Crippen LogP) is 13.4. The Bertz CT molecular complexity index is 2810. The molecule has 3 heteroatoms. The SMILES string of the molecule is c1ccc(-c2ccc(N(c3ccccc3)c3ccc4oc5c(-c6ccc7ccccc7c6)c6c(cc5c4c3)oc3ccccc36)cc2)cc1. The number of hydrogen-bond donors (Lipinski definition) is 0. The van der Waals surface area contributed by atoms with E-state index in [4.69, 9.17) is 8.83 Å². The minimum Gasteiger partial charge on any atom is -0.456 e. The fourth-order valence-electron chi connectivity index (χ4n) is 7.32. The first-order chi connectivity index (χ1) is 24.3. The van der Waals surface area contributed by atoms with Crippen molar-refractivity contribution in [3.8, 4) is 22.3 Å². The van der Waals surface area contributed by atoms with Gasteiger partial charge in [-0.05, 0) is 88.1 Å². The number of hydrogen-bond acceptors (Lipinski definition) is 3. The van der Waals surface area contributed by atoms with Crippen molar-refractivity contribution in [2.24, 2.45) is 0 Å². The Kier molecular flexibility index (Phi) is 6.18. The van der Waals surface area contributed by atoms with E-state index in [9.17, 15) is 0 Å². The third-order valence-electron chi connectivity index (χ3n) is 9.63. The van der Waals surface area contributed by atoms with Gasteiger partial charge in [-0.25, -0.2) is 0 Å². The zero-order valence-electron chi connectivity index (χ0n) is 26.5. The van der Waals surface area contributed by atoms with Crippen molar-refractivity contribution in [2.75, 3.05) is 4.90 Å². The molecule has 0 saturated carbocycles. The lowest BCUT2D eigenvalue weighted by atomic mass is 9.95. The summed E-state index contributed by atoms with van der Waals surface area (Å²) in [4.78, 5) is 2.30. The third-order valence-corrected chi connectivity index (χ3v) is 9.63. The van der Waals surface area contributed by atoms with Crippen molar-refractivity contribution in [1.82, 2.24) is 0 Å². The molecule has 3 nitrogen and oxygen atoms in total. The van der Waals surface area contributed by atoms with E-state index in [-0.39, 0.29) is 0 Å². The molecule has 8 aromatic carbocycles. The molecule has 0 saturated heterocycles. The molecule has 49 heavy (non-hydrogen) atoms. The summed E-state index contributed by atoms with van der Waals surface area (Å²) >= 11 is 0. The minimum atomic E-state index is 0.838. The minimum absolute atomic E-state index is 0.838. The highest BCUT2D eigenvalue weighted by molar-refractivity contribution is 6.24. The van der Waals surface area contributed by atoms with E-state index < -0.39 is 0 Å². The van der Waals surface area contributed by atoms with Crippen LogP contribution in [0.4, 0.5) is 17.1 Å². The van der Waals surface area contributed by atoms with Crippen LogP contribution in [-0.4, -0.2) is 0 Å². The monoisotopic (exact) mass is 627 g/mol. The Morgan fingerprint density at radius 1 is 0.347 bits per heavy atom. The van der Waals surface area contributed by atoms with Gasteiger partial charge in [-0.1, -0.05) is 115 Å². The molecule has 0 amide bonds. The van der Waals surface area contributed by atoms with E-state index >= 15 is 0 Å². The van der Waals surface area contributed by atoms with Gasteiger partial charge in [0.15, 0.2) is 0 Å². The molecule has 2 heterocycles.